The van der Waals surface area contributed by atoms with E-state index in [0.717, 1.165) is 43.6 Å². The summed E-state index contributed by atoms with van der Waals surface area (Å²) in [6, 6.07) is 5.92. The van der Waals surface area contributed by atoms with Crippen LogP contribution in [0.1, 0.15) is 30.9 Å². The van der Waals surface area contributed by atoms with Gasteiger partial charge in [-0.25, -0.2) is 8.42 Å². The van der Waals surface area contributed by atoms with Crippen LogP contribution in [0.25, 0.3) is 0 Å². The Morgan fingerprint density at radius 2 is 1.92 bits per heavy atom. The van der Waals surface area contributed by atoms with Crippen LogP contribution in [0.2, 0.25) is 0 Å². The molecule has 2 rings (SSSR count). The molecule has 1 fully saturated rings. The SMILES string of the molecule is CCN1CCCC1CN(CCN(C)C)S(=O)(=O)c1ccc(C)cc1C. The summed E-state index contributed by atoms with van der Waals surface area (Å²) in [6.45, 7) is 9.92. The lowest BCUT2D eigenvalue weighted by atomic mass is 10.2. The molecule has 0 bridgehead atoms. The third kappa shape index (κ3) is 5.03. The predicted molar refractivity (Wildman–Crippen MR) is 103 cm³/mol. The average Bonchev–Trinajstić information content (AvgIpc) is 2.97. The van der Waals surface area contributed by atoms with Crippen LogP contribution in [-0.4, -0.2) is 75.4 Å². The summed E-state index contributed by atoms with van der Waals surface area (Å²) < 4.78 is 28.4. The van der Waals surface area contributed by atoms with E-state index >= 15 is 0 Å². The first-order valence-corrected chi connectivity index (χ1v) is 10.7. The number of sulfonamides is 1. The molecule has 1 aromatic carbocycles. The Balaban J connectivity index is 2.29. The van der Waals surface area contributed by atoms with Gasteiger partial charge in [0, 0.05) is 25.7 Å². The molecule has 5 nitrogen and oxygen atoms in total. The van der Waals surface area contributed by atoms with E-state index in [1.54, 1.807) is 10.4 Å². The molecule has 1 atom stereocenters. The average molecular weight is 368 g/mol. The highest BCUT2D eigenvalue weighted by molar-refractivity contribution is 7.89. The second-order valence-corrected chi connectivity index (χ2v) is 9.27. The summed E-state index contributed by atoms with van der Waals surface area (Å²) in [7, 11) is 0.481. The van der Waals surface area contributed by atoms with Gasteiger partial charge in [0.15, 0.2) is 0 Å². The standard InChI is InChI=1S/C19H33N3O2S/c1-6-21-11-7-8-18(21)15-22(13-12-20(4)5)25(23,24)19-10-9-16(2)14-17(19)3/h9-10,14,18H,6-8,11-13,15H2,1-5H3. The van der Waals surface area contributed by atoms with Crippen LogP contribution in [0.3, 0.4) is 0 Å². The zero-order chi connectivity index (χ0) is 18.6. The number of benzene rings is 1. The van der Waals surface area contributed by atoms with Crippen LogP contribution in [0, 0.1) is 13.8 Å². The van der Waals surface area contributed by atoms with Gasteiger partial charge in [-0.15, -0.1) is 0 Å². The first-order chi connectivity index (χ1) is 11.8. The van der Waals surface area contributed by atoms with Gasteiger partial charge in [-0.05, 0) is 65.5 Å². The lowest BCUT2D eigenvalue weighted by molar-refractivity contribution is 0.220. The number of aryl methyl sites for hydroxylation is 2. The minimum absolute atomic E-state index is 0.327. The predicted octanol–water partition coefficient (Wildman–Crippen LogP) is 2.34. The molecule has 0 aliphatic carbocycles. The van der Waals surface area contributed by atoms with Gasteiger partial charge in [0.05, 0.1) is 4.90 Å². The molecule has 25 heavy (non-hydrogen) atoms. The first kappa shape index (κ1) is 20.4. The lowest BCUT2D eigenvalue weighted by Gasteiger charge is -2.30. The van der Waals surface area contributed by atoms with Crippen LogP contribution < -0.4 is 0 Å². The van der Waals surface area contributed by atoms with Crippen LogP contribution in [-0.2, 0) is 10.0 Å². The number of likely N-dealkylation sites (tertiary alicyclic amines) is 1. The molecule has 6 heteroatoms. The van der Waals surface area contributed by atoms with E-state index in [4.69, 9.17) is 0 Å². The van der Waals surface area contributed by atoms with Gasteiger partial charge in [-0.2, -0.15) is 4.31 Å². The second kappa shape index (κ2) is 8.62. The fraction of sp³-hybridized carbons (Fsp3) is 0.684. The second-order valence-electron chi connectivity index (χ2n) is 7.36. The number of hydrogen-bond donors (Lipinski definition) is 0. The van der Waals surface area contributed by atoms with E-state index < -0.39 is 10.0 Å². The molecule has 142 valence electrons. The highest BCUT2D eigenvalue weighted by Gasteiger charge is 2.32. The highest BCUT2D eigenvalue weighted by Crippen LogP contribution is 2.24. The monoisotopic (exact) mass is 367 g/mol. The van der Waals surface area contributed by atoms with Gasteiger partial charge in [0.25, 0.3) is 0 Å². The van der Waals surface area contributed by atoms with Crippen molar-refractivity contribution in [3.63, 3.8) is 0 Å². The Morgan fingerprint density at radius 1 is 1.20 bits per heavy atom. The molecule has 0 N–H and O–H groups in total. The number of likely N-dealkylation sites (N-methyl/N-ethyl adjacent to an activating group) is 2. The van der Waals surface area contributed by atoms with Crippen LogP contribution in [0.4, 0.5) is 0 Å². The molecule has 1 saturated heterocycles. The van der Waals surface area contributed by atoms with Crippen molar-refractivity contribution in [3.8, 4) is 0 Å². The maximum atomic E-state index is 13.3. The molecule has 1 aliphatic rings. The maximum Gasteiger partial charge on any atom is 0.243 e. The largest absolute Gasteiger partial charge is 0.308 e. The van der Waals surface area contributed by atoms with Crippen LogP contribution in [0.15, 0.2) is 23.1 Å². The van der Waals surface area contributed by atoms with E-state index in [1.165, 1.54) is 0 Å². The Bertz CT molecular complexity index is 673. The summed E-state index contributed by atoms with van der Waals surface area (Å²) in [4.78, 5) is 4.88. The Labute approximate surface area is 153 Å². The third-order valence-electron chi connectivity index (χ3n) is 5.06. The normalized spacial score (nSPS) is 19.2. The van der Waals surface area contributed by atoms with Gasteiger partial charge >= 0.3 is 0 Å². The van der Waals surface area contributed by atoms with Crippen molar-refractivity contribution in [2.75, 3.05) is 46.8 Å². The summed E-state index contributed by atoms with van der Waals surface area (Å²) in [5, 5.41) is 0. The molecule has 1 aliphatic heterocycles. The van der Waals surface area contributed by atoms with Crippen molar-refractivity contribution in [2.45, 2.75) is 44.6 Å². The quantitative estimate of drug-likeness (QED) is 0.707. The minimum Gasteiger partial charge on any atom is -0.308 e. The topological polar surface area (TPSA) is 43.9 Å². The van der Waals surface area contributed by atoms with E-state index in [1.807, 2.05) is 45.0 Å². The van der Waals surface area contributed by atoms with E-state index in [-0.39, 0.29) is 0 Å². The summed E-state index contributed by atoms with van der Waals surface area (Å²) >= 11 is 0. The molecular weight excluding hydrogens is 334 g/mol. The van der Waals surface area contributed by atoms with Crippen LogP contribution >= 0.6 is 0 Å². The molecule has 0 amide bonds. The lowest BCUT2D eigenvalue weighted by Crippen LogP contribution is -2.45. The summed E-state index contributed by atoms with van der Waals surface area (Å²) in [5.74, 6) is 0. The molecule has 0 saturated carbocycles. The van der Waals surface area contributed by atoms with Crippen molar-refractivity contribution in [1.82, 2.24) is 14.1 Å². The molecule has 0 radical (unpaired) electrons. The van der Waals surface area contributed by atoms with E-state index in [9.17, 15) is 8.42 Å². The Kier molecular flexibility index (Phi) is 7.02. The first-order valence-electron chi connectivity index (χ1n) is 9.22. The summed E-state index contributed by atoms with van der Waals surface area (Å²) in [6.07, 6.45) is 2.23. The number of hydrogen-bond acceptors (Lipinski definition) is 4. The molecule has 1 heterocycles. The molecular formula is C19H33N3O2S. The van der Waals surface area contributed by atoms with E-state index in [2.05, 4.69) is 11.8 Å². The van der Waals surface area contributed by atoms with Gasteiger partial charge < -0.3 is 4.90 Å². The Hall–Kier alpha value is -0.950. The number of nitrogens with zero attached hydrogens (tertiary/aromatic N) is 3. The third-order valence-corrected chi connectivity index (χ3v) is 7.09. The van der Waals surface area contributed by atoms with Crippen molar-refractivity contribution in [3.05, 3.63) is 29.3 Å². The van der Waals surface area contributed by atoms with Crippen molar-refractivity contribution in [1.29, 1.82) is 0 Å². The Morgan fingerprint density at radius 3 is 2.52 bits per heavy atom. The van der Waals surface area contributed by atoms with Gasteiger partial charge in [0.1, 0.15) is 0 Å². The minimum atomic E-state index is -3.48. The van der Waals surface area contributed by atoms with Crippen molar-refractivity contribution >= 4 is 10.0 Å². The van der Waals surface area contributed by atoms with E-state index in [0.29, 0.717) is 24.0 Å². The molecule has 0 aromatic heterocycles. The smallest absolute Gasteiger partial charge is 0.243 e. The fourth-order valence-corrected chi connectivity index (χ4v) is 5.28. The highest BCUT2D eigenvalue weighted by atomic mass is 32.2. The van der Waals surface area contributed by atoms with Gasteiger partial charge in [-0.3, -0.25) is 4.90 Å². The van der Waals surface area contributed by atoms with Crippen LogP contribution in [0.5, 0.6) is 0 Å². The fourth-order valence-electron chi connectivity index (χ4n) is 3.60. The molecule has 1 unspecified atom stereocenters. The van der Waals surface area contributed by atoms with Gasteiger partial charge in [-0.1, -0.05) is 24.6 Å². The summed E-state index contributed by atoms with van der Waals surface area (Å²) in [5.41, 5.74) is 1.91. The van der Waals surface area contributed by atoms with Crippen molar-refractivity contribution < 1.29 is 8.42 Å². The molecule has 0 spiro atoms. The molecule has 1 aromatic rings. The van der Waals surface area contributed by atoms with Gasteiger partial charge in [0.2, 0.25) is 10.0 Å². The zero-order valence-electron chi connectivity index (χ0n) is 16.3. The maximum absolute atomic E-state index is 13.3. The number of rotatable bonds is 8. The zero-order valence-corrected chi connectivity index (χ0v) is 17.1. The van der Waals surface area contributed by atoms with Crippen molar-refractivity contribution in [2.24, 2.45) is 0 Å².